The van der Waals surface area contributed by atoms with Crippen molar-refractivity contribution in [3.63, 3.8) is 0 Å². The van der Waals surface area contributed by atoms with Gasteiger partial charge < -0.3 is 20.7 Å². The summed E-state index contributed by atoms with van der Waals surface area (Å²) >= 11 is 0. The molecule has 0 rings (SSSR count). The molecule has 0 aliphatic heterocycles. The zero-order chi connectivity index (χ0) is 14.2. The molecule has 0 saturated heterocycles. The monoisotopic (exact) mass is 262 g/mol. The molecule has 0 aromatic carbocycles. The molecule has 5 N–H and O–H groups in total. The van der Waals surface area contributed by atoms with Crippen molar-refractivity contribution < 1.29 is 29.3 Å². The highest BCUT2D eigenvalue weighted by Crippen LogP contribution is 2.14. The fraction of sp³-hybridized carbons (Fsp3) is 0.700. The van der Waals surface area contributed by atoms with Crippen LogP contribution in [-0.2, 0) is 19.1 Å². The molecule has 8 heteroatoms. The van der Waals surface area contributed by atoms with Crippen molar-refractivity contribution in [2.24, 2.45) is 5.73 Å². The Balaban J connectivity index is 4.67. The lowest BCUT2D eigenvalue weighted by Crippen LogP contribution is -2.55. The van der Waals surface area contributed by atoms with Gasteiger partial charge in [0.2, 0.25) is 0 Å². The standard InChI is InChI=1S/C10H18N2O6/c1-2-18-9(17)5-12-10(6-11,3-7(13)14)4-8(15)16/h12H,2-6,11H2,1H3,(H,13,14)(H,15,16). The Bertz CT molecular complexity index is 301. The van der Waals surface area contributed by atoms with E-state index < -0.39 is 36.3 Å². The second kappa shape index (κ2) is 7.62. The van der Waals surface area contributed by atoms with Crippen LogP contribution in [0, 0.1) is 0 Å². The first-order valence-electron chi connectivity index (χ1n) is 5.39. The van der Waals surface area contributed by atoms with Crippen molar-refractivity contribution in [2.75, 3.05) is 19.7 Å². The third kappa shape index (κ3) is 6.16. The van der Waals surface area contributed by atoms with Crippen LogP contribution >= 0.6 is 0 Å². The van der Waals surface area contributed by atoms with Crippen molar-refractivity contribution in [2.45, 2.75) is 25.3 Å². The Morgan fingerprint density at radius 1 is 1.22 bits per heavy atom. The van der Waals surface area contributed by atoms with Gasteiger partial charge in [0.1, 0.15) is 0 Å². The molecule has 0 spiro atoms. The number of nitrogens with two attached hydrogens (primary N) is 1. The first kappa shape index (κ1) is 16.3. The minimum Gasteiger partial charge on any atom is -0.481 e. The molecular formula is C10H18N2O6. The predicted molar refractivity (Wildman–Crippen MR) is 60.9 cm³/mol. The summed E-state index contributed by atoms with van der Waals surface area (Å²) in [6, 6.07) is 0. The molecule has 0 heterocycles. The zero-order valence-corrected chi connectivity index (χ0v) is 10.1. The normalized spacial score (nSPS) is 11.0. The summed E-state index contributed by atoms with van der Waals surface area (Å²) in [7, 11) is 0. The summed E-state index contributed by atoms with van der Waals surface area (Å²) in [4.78, 5) is 32.6. The van der Waals surface area contributed by atoms with Gasteiger partial charge in [0.25, 0.3) is 0 Å². The highest BCUT2D eigenvalue weighted by atomic mass is 16.5. The summed E-state index contributed by atoms with van der Waals surface area (Å²) in [6.07, 6.45) is -0.982. The minimum atomic E-state index is -1.36. The molecule has 104 valence electrons. The largest absolute Gasteiger partial charge is 0.481 e. The van der Waals surface area contributed by atoms with E-state index in [4.69, 9.17) is 15.9 Å². The fourth-order valence-electron chi connectivity index (χ4n) is 1.45. The zero-order valence-electron chi connectivity index (χ0n) is 10.1. The molecule has 0 atom stereocenters. The van der Waals surface area contributed by atoms with E-state index >= 15 is 0 Å². The van der Waals surface area contributed by atoms with Crippen LogP contribution in [0.15, 0.2) is 0 Å². The summed E-state index contributed by atoms with van der Waals surface area (Å²) in [5, 5.41) is 20.1. The summed E-state index contributed by atoms with van der Waals surface area (Å²) in [5.74, 6) is -2.98. The Labute approximate surface area is 104 Å². The summed E-state index contributed by atoms with van der Waals surface area (Å²) in [6.45, 7) is 1.31. The lowest BCUT2D eigenvalue weighted by molar-refractivity contribution is -0.146. The van der Waals surface area contributed by atoms with Gasteiger partial charge in [-0.05, 0) is 6.92 Å². The van der Waals surface area contributed by atoms with Gasteiger partial charge >= 0.3 is 17.9 Å². The van der Waals surface area contributed by atoms with Crippen molar-refractivity contribution >= 4 is 17.9 Å². The maximum absolute atomic E-state index is 11.2. The minimum absolute atomic E-state index is 0.188. The Morgan fingerprint density at radius 3 is 2.06 bits per heavy atom. The second-order valence-corrected chi connectivity index (χ2v) is 3.78. The number of carbonyl (C=O) groups is 3. The molecule has 0 fully saturated rings. The Kier molecular flexibility index (Phi) is 6.91. The van der Waals surface area contributed by atoms with E-state index in [0.717, 1.165) is 0 Å². The highest BCUT2D eigenvalue weighted by molar-refractivity contribution is 5.75. The molecule has 0 aliphatic rings. The molecule has 0 bridgehead atoms. The number of esters is 1. The number of hydrogen-bond acceptors (Lipinski definition) is 6. The maximum Gasteiger partial charge on any atom is 0.319 e. The first-order chi connectivity index (χ1) is 8.35. The summed E-state index contributed by atoms with van der Waals surface area (Å²) < 4.78 is 4.65. The first-order valence-corrected chi connectivity index (χ1v) is 5.39. The van der Waals surface area contributed by atoms with Gasteiger partial charge in [0.15, 0.2) is 0 Å². The molecule has 0 saturated carbocycles. The van der Waals surface area contributed by atoms with E-state index in [9.17, 15) is 14.4 Å². The van der Waals surface area contributed by atoms with E-state index in [1.807, 2.05) is 0 Å². The van der Waals surface area contributed by atoms with Gasteiger partial charge in [-0.1, -0.05) is 0 Å². The average molecular weight is 262 g/mol. The molecule has 0 aromatic heterocycles. The number of aliphatic carboxylic acids is 2. The van der Waals surface area contributed by atoms with Crippen LogP contribution in [0.2, 0.25) is 0 Å². The molecule has 8 nitrogen and oxygen atoms in total. The van der Waals surface area contributed by atoms with Crippen LogP contribution in [0.25, 0.3) is 0 Å². The van der Waals surface area contributed by atoms with Gasteiger partial charge in [-0.25, -0.2) is 0 Å². The predicted octanol–water partition coefficient (Wildman–Crippen LogP) is -1.21. The van der Waals surface area contributed by atoms with Crippen LogP contribution in [0.3, 0.4) is 0 Å². The third-order valence-electron chi connectivity index (χ3n) is 2.28. The lowest BCUT2D eigenvalue weighted by Gasteiger charge is -2.30. The number of hydrogen-bond donors (Lipinski definition) is 4. The Hall–Kier alpha value is -1.67. The molecule has 0 unspecified atom stereocenters. The van der Waals surface area contributed by atoms with Crippen LogP contribution < -0.4 is 11.1 Å². The van der Waals surface area contributed by atoms with E-state index in [0.29, 0.717) is 0 Å². The van der Waals surface area contributed by atoms with E-state index in [1.54, 1.807) is 6.92 Å². The van der Waals surface area contributed by atoms with Crippen molar-refractivity contribution in [1.29, 1.82) is 0 Å². The molecular weight excluding hydrogens is 244 g/mol. The van der Waals surface area contributed by atoms with Gasteiger partial charge in [-0.15, -0.1) is 0 Å². The molecule has 0 radical (unpaired) electrons. The van der Waals surface area contributed by atoms with Crippen molar-refractivity contribution in [1.82, 2.24) is 5.32 Å². The van der Waals surface area contributed by atoms with Crippen molar-refractivity contribution in [3.05, 3.63) is 0 Å². The van der Waals surface area contributed by atoms with E-state index in [-0.39, 0.29) is 19.7 Å². The number of carboxylic acid groups (broad SMARTS) is 2. The quantitative estimate of drug-likeness (QED) is 0.379. The van der Waals surface area contributed by atoms with Crippen LogP contribution in [0.5, 0.6) is 0 Å². The summed E-state index contributed by atoms with van der Waals surface area (Å²) in [5.41, 5.74) is 4.07. The second-order valence-electron chi connectivity index (χ2n) is 3.78. The average Bonchev–Trinajstić information content (AvgIpc) is 2.25. The van der Waals surface area contributed by atoms with Gasteiger partial charge in [0, 0.05) is 6.54 Å². The lowest BCUT2D eigenvalue weighted by atomic mass is 9.91. The van der Waals surface area contributed by atoms with Gasteiger partial charge in [-0.2, -0.15) is 0 Å². The number of ether oxygens (including phenoxy) is 1. The van der Waals surface area contributed by atoms with Crippen LogP contribution in [0.4, 0.5) is 0 Å². The molecule has 0 aliphatic carbocycles. The van der Waals surface area contributed by atoms with E-state index in [2.05, 4.69) is 10.1 Å². The molecule has 18 heavy (non-hydrogen) atoms. The smallest absolute Gasteiger partial charge is 0.319 e. The Morgan fingerprint density at radius 2 is 1.72 bits per heavy atom. The number of carboxylic acids is 2. The maximum atomic E-state index is 11.2. The fourth-order valence-corrected chi connectivity index (χ4v) is 1.45. The number of carbonyl (C=O) groups excluding carboxylic acids is 1. The highest BCUT2D eigenvalue weighted by Gasteiger charge is 2.34. The van der Waals surface area contributed by atoms with Crippen LogP contribution in [-0.4, -0.2) is 53.4 Å². The molecule has 0 amide bonds. The SMILES string of the molecule is CCOC(=O)CNC(CN)(CC(=O)O)CC(=O)O. The van der Waals surface area contributed by atoms with Crippen LogP contribution in [0.1, 0.15) is 19.8 Å². The third-order valence-corrected chi connectivity index (χ3v) is 2.28. The van der Waals surface area contributed by atoms with Gasteiger partial charge in [0.05, 0.1) is 31.5 Å². The number of nitrogens with one attached hydrogen (secondary N) is 1. The topological polar surface area (TPSA) is 139 Å². The van der Waals surface area contributed by atoms with Crippen molar-refractivity contribution in [3.8, 4) is 0 Å². The molecule has 0 aromatic rings. The van der Waals surface area contributed by atoms with E-state index in [1.165, 1.54) is 0 Å². The van der Waals surface area contributed by atoms with Gasteiger partial charge in [-0.3, -0.25) is 19.7 Å². The number of rotatable bonds is 9.